The van der Waals surface area contributed by atoms with Gasteiger partial charge in [-0.2, -0.15) is 10.2 Å². The van der Waals surface area contributed by atoms with Gasteiger partial charge in [0, 0.05) is 12.6 Å². The Bertz CT molecular complexity index is 1510. The van der Waals surface area contributed by atoms with Crippen LogP contribution in [0, 0.1) is 5.82 Å². The van der Waals surface area contributed by atoms with Crippen molar-refractivity contribution in [3.8, 4) is 11.4 Å². The molecule has 1 fully saturated rings. The van der Waals surface area contributed by atoms with Crippen molar-refractivity contribution in [3.05, 3.63) is 118 Å². The molecule has 1 unspecified atom stereocenters. The third-order valence-electron chi connectivity index (χ3n) is 7.61. The minimum absolute atomic E-state index is 0.125. The number of hydrogen-bond acceptors (Lipinski definition) is 5. The molecular formula is C32H31FN4O2. The lowest BCUT2D eigenvalue weighted by Gasteiger charge is -2.24. The number of hydrogen-bond donors (Lipinski definition) is 0. The van der Waals surface area contributed by atoms with Gasteiger partial charge in [0.15, 0.2) is 5.75 Å². The number of nitrogens with zero attached hydrogens (tertiary/aromatic N) is 4. The third kappa shape index (κ3) is 5.35. The van der Waals surface area contributed by atoms with Crippen molar-refractivity contribution < 1.29 is 9.13 Å². The Morgan fingerprint density at radius 1 is 0.923 bits per heavy atom. The van der Waals surface area contributed by atoms with Gasteiger partial charge in [-0.05, 0) is 54.2 Å². The Labute approximate surface area is 227 Å². The molecule has 3 aromatic carbocycles. The first-order chi connectivity index (χ1) is 19.2. The molecule has 2 heterocycles. The van der Waals surface area contributed by atoms with Crippen LogP contribution in [-0.4, -0.2) is 16.0 Å². The first kappa shape index (κ1) is 25.0. The summed E-state index contributed by atoms with van der Waals surface area (Å²) in [6, 6.07) is 24.3. The van der Waals surface area contributed by atoms with E-state index in [1.54, 1.807) is 23.4 Å². The van der Waals surface area contributed by atoms with Crippen molar-refractivity contribution >= 4 is 11.9 Å². The molecule has 1 aliphatic heterocycles. The molecule has 6 nitrogen and oxygen atoms in total. The van der Waals surface area contributed by atoms with Crippen LogP contribution in [0.4, 0.5) is 10.1 Å². The predicted octanol–water partition coefficient (Wildman–Crippen LogP) is 6.94. The maximum absolute atomic E-state index is 15.6. The number of benzene rings is 3. The lowest BCUT2D eigenvalue weighted by atomic mass is 9.84. The molecule has 6 rings (SSSR count). The van der Waals surface area contributed by atoms with E-state index in [0.29, 0.717) is 12.3 Å². The maximum atomic E-state index is 15.6. The van der Waals surface area contributed by atoms with E-state index in [0.717, 1.165) is 29.7 Å². The average molecular weight is 523 g/mol. The lowest BCUT2D eigenvalue weighted by molar-refractivity contribution is 0.298. The van der Waals surface area contributed by atoms with Crippen LogP contribution in [-0.2, 0) is 6.61 Å². The van der Waals surface area contributed by atoms with Crippen molar-refractivity contribution in [3.63, 3.8) is 0 Å². The summed E-state index contributed by atoms with van der Waals surface area (Å²) in [5.74, 6) is 0.149. The van der Waals surface area contributed by atoms with E-state index in [-0.39, 0.29) is 35.0 Å². The number of hydrazone groups is 1. The van der Waals surface area contributed by atoms with Crippen LogP contribution in [0.15, 0.2) is 95.0 Å². The summed E-state index contributed by atoms with van der Waals surface area (Å²) in [6.45, 7) is 0.214. The fourth-order valence-corrected chi connectivity index (χ4v) is 5.53. The fourth-order valence-electron chi connectivity index (χ4n) is 5.53. The largest absolute Gasteiger partial charge is 0.483 e. The molecule has 0 spiro atoms. The van der Waals surface area contributed by atoms with Crippen LogP contribution in [0.2, 0.25) is 0 Å². The minimum Gasteiger partial charge on any atom is -0.483 e. The first-order valence-electron chi connectivity index (χ1n) is 13.6. The summed E-state index contributed by atoms with van der Waals surface area (Å²) in [5, 5.41) is 11.0. The molecule has 1 aliphatic carbocycles. The van der Waals surface area contributed by atoms with Crippen LogP contribution in [0.1, 0.15) is 67.3 Å². The minimum atomic E-state index is -0.434. The van der Waals surface area contributed by atoms with Crippen LogP contribution in [0.3, 0.4) is 0 Å². The van der Waals surface area contributed by atoms with Gasteiger partial charge in [0.25, 0.3) is 0 Å². The van der Waals surface area contributed by atoms with Crippen LogP contribution in [0.25, 0.3) is 5.69 Å². The zero-order valence-corrected chi connectivity index (χ0v) is 21.7. The van der Waals surface area contributed by atoms with E-state index in [4.69, 9.17) is 4.74 Å². The molecule has 1 saturated carbocycles. The van der Waals surface area contributed by atoms with Gasteiger partial charge in [0.05, 0.1) is 11.9 Å². The Morgan fingerprint density at radius 3 is 2.41 bits per heavy atom. The van der Waals surface area contributed by atoms with Gasteiger partial charge >= 0.3 is 0 Å². The molecule has 0 saturated heterocycles. The second-order valence-corrected chi connectivity index (χ2v) is 10.2. The van der Waals surface area contributed by atoms with E-state index in [1.165, 1.54) is 30.1 Å². The zero-order chi connectivity index (χ0) is 26.6. The molecule has 0 N–H and O–H groups in total. The van der Waals surface area contributed by atoms with Crippen molar-refractivity contribution in [2.75, 3.05) is 5.01 Å². The summed E-state index contributed by atoms with van der Waals surface area (Å²) in [6.07, 6.45) is 9.57. The van der Waals surface area contributed by atoms with E-state index in [2.05, 4.69) is 10.2 Å². The normalized spacial score (nSPS) is 17.5. The van der Waals surface area contributed by atoms with E-state index in [9.17, 15) is 4.79 Å². The molecule has 1 atom stereocenters. The number of rotatable bonds is 7. The van der Waals surface area contributed by atoms with Crippen molar-refractivity contribution in [2.45, 2.75) is 57.1 Å². The van der Waals surface area contributed by atoms with Crippen molar-refractivity contribution in [2.24, 2.45) is 5.10 Å². The quantitative estimate of drug-likeness (QED) is 0.264. The standard InChI is InChI=1S/C32H31FN4O2/c33-27-20-25(24-12-6-2-7-13-24)16-17-28(27)36-21-30(39-22-23-10-4-1-5-11-23)32(38)31(35-36)29-18-19-34-37(29)26-14-8-3-9-15-26/h1,3-5,8-11,14-17,19-21,24,29H,2,6-7,12-13,18,22H2. The third-order valence-corrected chi connectivity index (χ3v) is 7.61. The topological polar surface area (TPSA) is 59.7 Å². The van der Waals surface area contributed by atoms with Gasteiger partial charge in [-0.1, -0.05) is 73.9 Å². The van der Waals surface area contributed by atoms with Crippen LogP contribution >= 0.6 is 0 Å². The monoisotopic (exact) mass is 522 g/mol. The van der Waals surface area contributed by atoms with Crippen molar-refractivity contribution in [1.82, 2.24) is 9.78 Å². The molecule has 39 heavy (non-hydrogen) atoms. The molecule has 0 radical (unpaired) electrons. The molecule has 7 heteroatoms. The molecule has 1 aromatic heterocycles. The highest BCUT2D eigenvalue weighted by atomic mass is 19.1. The van der Waals surface area contributed by atoms with Gasteiger partial charge in [0.1, 0.15) is 29.8 Å². The summed E-state index contributed by atoms with van der Waals surface area (Å²) in [7, 11) is 0. The second kappa shape index (κ2) is 11.2. The number of halogens is 1. The summed E-state index contributed by atoms with van der Waals surface area (Å²) < 4.78 is 23.1. The van der Waals surface area contributed by atoms with Gasteiger partial charge in [-0.25, -0.2) is 9.07 Å². The SMILES string of the molecule is O=c1c(OCc2ccccc2)cn(-c2ccc(C3CCCCC3)cc2F)nc1C1CC=NN1c1ccccc1. The number of anilines is 1. The highest BCUT2D eigenvalue weighted by molar-refractivity contribution is 5.67. The van der Waals surface area contributed by atoms with Crippen molar-refractivity contribution in [1.29, 1.82) is 0 Å². The Hall–Kier alpha value is -4.26. The zero-order valence-electron chi connectivity index (χ0n) is 21.7. The smallest absolute Gasteiger partial charge is 0.247 e. The van der Waals surface area contributed by atoms with Crippen LogP contribution < -0.4 is 15.2 Å². The van der Waals surface area contributed by atoms with Gasteiger partial charge in [0.2, 0.25) is 5.43 Å². The van der Waals surface area contributed by atoms with E-state index in [1.807, 2.05) is 66.7 Å². The maximum Gasteiger partial charge on any atom is 0.247 e. The van der Waals surface area contributed by atoms with Gasteiger partial charge in [-0.15, -0.1) is 0 Å². The predicted molar refractivity (Wildman–Crippen MR) is 151 cm³/mol. The van der Waals surface area contributed by atoms with Gasteiger partial charge in [-0.3, -0.25) is 9.80 Å². The highest BCUT2D eigenvalue weighted by Gasteiger charge is 2.30. The molecular weight excluding hydrogens is 491 g/mol. The Balaban J connectivity index is 1.39. The molecule has 0 bridgehead atoms. The van der Waals surface area contributed by atoms with E-state index < -0.39 is 6.04 Å². The Morgan fingerprint density at radius 2 is 1.67 bits per heavy atom. The molecule has 0 amide bonds. The fraction of sp³-hybridized carbons (Fsp3) is 0.281. The number of ether oxygens (including phenoxy) is 1. The van der Waals surface area contributed by atoms with E-state index >= 15 is 4.39 Å². The summed E-state index contributed by atoms with van der Waals surface area (Å²) >= 11 is 0. The first-order valence-corrected chi connectivity index (χ1v) is 13.6. The average Bonchev–Trinajstić information content (AvgIpc) is 3.48. The van der Waals surface area contributed by atoms with Crippen LogP contribution in [0.5, 0.6) is 5.75 Å². The van der Waals surface area contributed by atoms with Gasteiger partial charge < -0.3 is 4.74 Å². The Kier molecular flexibility index (Phi) is 7.21. The lowest BCUT2D eigenvalue weighted by Crippen LogP contribution is -2.29. The summed E-state index contributed by atoms with van der Waals surface area (Å²) in [5.41, 5.74) is 3.03. The molecule has 2 aliphatic rings. The number of para-hydroxylation sites is 1. The number of aromatic nitrogens is 2. The second-order valence-electron chi connectivity index (χ2n) is 10.2. The summed E-state index contributed by atoms with van der Waals surface area (Å²) in [4.78, 5) is 13.7. The molecule has 198 valence electrons. The highest BCUT2D eigenvalue weighted by Crippen LogP contribution is 2.34. The molecule has 4 aromatic rings.